The molecule has 2 nitrogen and oxygen atoms in total. The lowest BCUT2D eigenvalue weighted by atomic mass is 10.1. The molecule has 1 N–H and O–H groups in total. The summed E-state index contributed by atoms with van der Waals surface area (Å²) in [6.07, 6.45) is 6.43. The van der Waals surface area contributed by atoms with Crippen molar-refractivity contribution in [3.8, 4) is 0 Å². The molecule has 2 heteroatoms. The predicted octanol–water partition coefficient (Wildman–Crippen LogP) is 4.11. The lowest BCUT2D eigenvalue weighted by Gasteiger charge is -2.03. The van der Waals surface area contributed by atoms with E-state index in [0.29, 0.717) is 12.1 Å². The second kappa shape index (κ2) is 8.30. The van der Waals surface area contributed by atoms with Gasteiger partial charge in [-0.05, 0) is 45.7 Å². The number of nitrogens with one attached hydrogen (secondary N) is 1. The molecule has 0 aliphatic rings. The number of carbonyl (C=O) groups excluding carboxylic acids is 1. The SMILES string of the molecule is CC(C)=CCC/C(C)=C/CNC(=O)c1ccccc1. The minimum absolute atomic E-state index is 0.0195. The molecule has 0 fully saturated rings. The van der Waals surface area contributed by atoms with Crippen molar-refractivity contribution in [3.63, 3.8) is 0 Å². The van der Waals surface area contributed by atoms with Crippen LogP contribution in [0.2, 0.25) is 0 Å². The molecule has 0 spiro atoms. The molecular formula is C17H23NO. The maximum atomic E-state index is 11.8. The first-order chi connectivity index (χ1) is 9.09. The minimum atomic E-state index is -0.0195. The number of rotatable bonds is 6. The Morgan fingerprint density at radius 2 is 1.79 bits per heavy atom. The van der Waals surface area contributed by atoms with Crippen LogP contribution in [-0.2, 0) is 0 Å². The Kier molecular flexibility index (Phi) is 6.65. The summed E-state index contributed by atoms with van der Waals surface area (Å²) in [6.45, 7) is 6.92. The van der Waals surface area contributed by atoms with Gasteiger partial charge in [0.1, 0.15) is 0 Å². The molecule has 0 atom stereocenters. The van der Waals surface area contributed by atoms with Gasteiger partial charge in [-0.15, -0.1) is 0 Å². The third-order valence-electron chi connectivity index (χ3n) is 2.84. The Balaban J connectivity index is 2.33. The highest BCUT2D eigenvalue weighted by molar-refractivity contribution is 5.94. The second-order valence-corrected chi connectivity index (χ2v) is 4.95. The maximum Gasteiger partial charge on any atom is 0.251 e. The Morgan fingerprint density at radius 3 is 2.42 bits per heavy atom. The largest absolute Gasteiger partial charge is 0.349 e. The molecule has 19 heavy (non-hydrogen) atoms. The lowest BCUT2D eigenvalue weighted by Crippen LogP contribution is -2.23. The van der Waals surface area contributed by atoms with Gasteiger partial charge in [-0.25, -0.2) is 0 Å². The topological polar surface area (TPSA) is 29.1 Å². The van der Waals surface area contributed by atoms with E-state index in [9.17, 15) is 4.79 Å². The van der Waals surface area contributed by atoms with Crippen molar-refractivity contribution in [1.82, 2.24) is 5.32 Å². The summed E-state index contributed by atoms with van der Waals surface area (Å²) in [5.41, 5.74) is 3.37. The third-order valence-corrected chi connectivity index (χ3v) is 2.84. The van der Waals surface area contributed by atoms with Crippen LogP contribution in [0.1, 0.15) is 44.0 Å². The van der Waals surface area contributed by atoms with Crippen LogP contribution in [0.15, 0.2) is 53.6 Å². The zero-order chi connectivity index (χ0) is 14.1. The molecule has 1 aromatic carbocycles. The zero-order valence-corrected chi connectivity index (χ0v) is 12.1. The van der Waals surface area contributed by atoms with Gasteiger partial charge in [-0.2, -0.15) is 0 Å². The molecule has 0 aliphatic heterocycles. The number of hydrogen-bond acceptors (Lipinski definition) is 1. The maximum absolute atomic E-state index is 11.8. The molecule has 0 aliphatic carbocycles. The number of amides is 1. The number of hydrogen-bond donors (Lipinski definition) is 1. The summed E-state index contributed by atoms with van der Waals surface area (Å²) < 4.78 is 0. The molecule has 0 unspecified atom stereocenters. The first kappa shape index (κ1) is 15.2. The van der Waals surface area contributed by atoms with Crippen LogP contribution in [0.4, 0.5) is 0 Å². The highest BCUT2D eigenvalue weighted by Gasteiger charge is 2.01. The molecule has 0 aromatic heterocycles. The summed E-state index contributed by atoms with van der Waals surface area (Å²) in [4.78, 5) is 11.8. The third kappa shape index (κ3) is 6.61. The molecule has 1 rings (SSSR count). The summed E-state index contributed by atoms with van der Waals surface area (Å²) in [7, 11) is 0. The fourth-order valence-electron chi connectivity index (χ4n) is 1.70. The Bertz CT molecular complexity index is 453. The summed E-state index contributed by atoms with van der Waals surface area (Å²) in [6, 6.07) is 9.29. The average molecular weight is 257 g/mol. The fourth-order valence-corrected chi connectivity index (χ4v) is 1.70. The van der Waals surface area contributed by atoms with Crippen molar-refractivity contribution in [2.75, 3.05) is 6.54 Å². The Labute approximate surface area is 116 Å². The van der Waals surface area contributed by atoms with Crippen molar-refractivity contribution in [1.29, 1.82) is 0 Å². The highest BCUT2D eigenvalue weighted by atomic mass is 16.1. The van der Waals surface area contributed by atoms with E-state index in [0.717, 1.165) is 12.8 Å². The van der Waals surface area contributed by atoms with E-state index in [2.05, 4.69) is 38.2 Å². The van der Waals surface area contributed by atoms with E-state index in [4.69, 9.17) is 0 Å². The number of carbonyl (C=O) groups is 1. The molecule has 0 saturated carbocycles. The normalized spacial score (nSPS) is 11.0. The molecular weight excluding hydrogens is 234 g/mol. The van der Waals surface area contributed by atoms with Gasteiger partial charge in [0.2, 0.25) is 0 Å². The fraction of sp³-hybridized carbons (Fsp3) is 0.353. The van der Waals surface area contributed by atoms with Crippen molar-refractivity contribution < 1.29 is 4.79 Å². The van der Waals surface area contributed by atoms with Gasteiger partial charge in [0, 0.05) is 12.1 Å². The Morgan fingerprint density at radius 1 is 1.11 bits per heavy atom. The van der Waals surface area contributed by atoms with E-state index >= 15 is 0 Å². The lowest BCUT2D eigenvalue weighted by molar-refractivity contribution is 0.0958. The van der Waals surface area contributed by atoms with E-state index < -0.39 is 0 Å². The first-order valence-corrected chi connectivity index (χ1v) is 6.72. The molecule has 1 amide bonds. The standard InChI is InChI=1S/C17H23NO/c1-14(2)8-7-9-15(3)12-13-18-17(19)16-10-5-4-6-11-16/h4-6,8,10-12H,7,9,13H2,1-3H3,(H,18,19)/b15-12+. The second-order valence-electron chi connectivity index (χ2n) is 4.95. The van der Waals surface area contributed by atoms with E-state index in [-0.39, 0.29) is 5.91 Å². The molecule has 0 heterocycles. The van der Waals surface area contributed by atoms with Gasteiger partial charge in [-0.3, -0.25) is 4.79 Å². The van der Waals surface area contributed by atoms with Gasteiger partial charge in [0.05, 0.1) is 0 Å². The molecule has 102 valence electrons. The first-order valence-electron chi connectivity index (χ1n) is 6.72. The number of benzene rings is 1. The number of allylic oxidation sites excluding steroid dienone is 3. The van der Waals surface area contributed by atoms with Crippen molar-refractivity contribution in [2.45, 2.75) is 33.6 Å². The van der Waals surface area contributed by atoms with Crippen LogP contribution < -0.4 is 5.32 Å². The van der Waals surface area contributed by atoms with E-state index in [1.807, 2.05) is 30.3 Å². The summed E-state index contributed by atoms with van der Waals surface area (Å²) in [5, 5.41) is 2.90. The molecule has 0 radical (unpaired) electrons. The summed E-state index contributed by atoms with van der Waals surface area (Å²) in [5.74, 6) is -0.0195. The summed E-state index contributed by atoms with van der Waals surface area (Å²) >= 11 is 0. The Hall–Kier alpha value is -1.83. The quantitative estimate of drug-likeness (QED) is 0.763. The van der Waals surface area contributed by atoms with Gasteiger partial charge < -0.3 is 5.32 Å². The molecule has 0 saturated heterocycles. The monoisotopic (exact) mass is 257 g/mol. The van der Waals surface area contributed by atoms with Crippen LogP contribution in [0.5, 0.6) is 0 Å². The van der Waals surface area contributed by atoms with Crippen molar-refractivity contribution in [3.05, 3.63) is 59.2 Å². The van der Waals surface area contributed by atoms with Gasteiger partial charge in [0.25, 0.3) is 5.91 Å². The average Bonchev–Trinajstić information content (AvgIpc) is 2.39. The minimum Gasteiger partial charge on any atom is -0.349 e. The highest BCUT2D eigenvalue weighted by Crippen LogP contribution is 2.06. The zero-order valence-electron chi connectivity index (χ0n) is 12.1. The van der Waals surface area contributed by atoms with Crippen LogP contribution in [0, 0.1) is 0 Å². The van der Waals surface area contributed by atoms with Crippen molar-refractivity contribution in [2.24, 2.45) is 0 Å². The van der Waals surface area contributed by atoms with Gasteiger partial charge in [0.15, 0.2) is 0 Å². The van der Waals surface area contributed by atoms with E-state index in [1.54, 1.807) is 0 Å². The van der Waals surface area contributed by atoms with Crippen LogP contribution in [0.25, 0.3) is 0 Å². The smallest absolute Gasteiger partial charge is 0.251 e. The van der Waals surface area contributed by atoms with Crippen LogP contribution >= 0.6 is 0 Å². The van der Waals surface area contributed by atoms with Gasteiger partial charge in [-0.1, -0.05) is 41.5 Å². The predicted molar refractivity (Wildman–Crippen MR) is 81.2 cm³/mol. The molecule has 0 bridgehead atoms. The van der Waals surface area contributed by atoms with Crippen LogP contribution in [-0.4, -0.2) is 12.5 Å². The van der Waals surface area contributed by atoms with Crippen molar-refractivity contribution >= 4 is 5.91 Å². The van der Waals surface area contributed by atoms with Crippen LogP contribution in [0.3, 0.4) is 0 Å². The molecule has 1 aromatic rings. The van der Waals surface area contributed by atoms with Gasteiger partial charge >= 0.3 is 0 Å². The van der Waals surface area contributed by atoms with E-state index in [1.165, 1.54) is 11.1 Å².